The molecule has 0 atom stereocenters. The summed E-state index contributed by atoms with van der Waals surface area (Å²) in [5.74, 6) is 3.93. The van der Waals surface area contributed by atoms with Gasteiger partial charge in [0.15, 0.2) is 5.82 Å². The van der Waals surface area contributed by atoms with E-state index in [-0.39, 0.29) is 5.41 Å². The summed E-state index contributed by atoms with van der Waals surface area (Å²) >= 11 is 1.94. The molecule has 1 spiro atoms. The van der Waals surface area contributed by atoms with Crippen LogP contribution in [0.25, 0.3) is 97.5 Å². The minimum Gasteiger partial charge on any atom is -0.227 e. The van der Waals surface area contributed by atoms with E-state index < -0.39 is 0 Å². The van der Waals surface area contributed by atoms with Crippen LogP contribution < -0.4 is 0 Å². The van der Waals surface area contributed by atoms with E-state index in [0.717, 1.165) is 45.4 Å². The number of nitrogens with zero attached hydrogens (tertiary/aromatic N) is 2. The van der Waals surface area contributed by atoms with Gasteiger partial charge in [0.2, 0.25) is 0 Å². The topological polar surface area (TPSA) is 25.8 Å². The molecule has 0 saturated heterocycles. The number of hydrogen-bond acceptors (Lipinski definition) is 3. The fourth-order valence-electron chi connectivity index (χ4n) is 13.0. The van der Waals surface area contributed by atoms with Crippen molar-refractivity contribution in [1.82, 2.24) is 9.97 Å². The monoisotopic (exact) mass is 772 g/mol. The third-order valence-corrected chi connectivity index (χ3v) is 16.4. The highest BCUT2D eigenvalue weighted by Gasteiger charge is 2.61. The Labute approximate surface area is 347 Å². The van der Waals surface area contributed by atoms with Gasteiger partial charge in [0, 0.05) is 47.5 Å². The summed E-state index contributed by atoms with van der Waals surface area (Å²) in [5, 5.41) is 8.84. The highest BCUT2D eigenvalue weighted by molar-refractivity contribution is 7.26. The smallest absolute Gasteiger partial charge is 0.160 e. The van der Waals surface area contributed by atoms with Crippen LogP contribution in [0.5, 0.6) is 0 Å². The first-order chi connectivity index (χ1) is 29.2. The first-order valence-corrected chi connectivity index (χ1v) is 22.4. The molecule has 15 rings (SSSR count). The maximum Gasteiger partial charge on any atom is 0.160 e. The molecule has 2 nitrogen and oxygen atoms in total. The number of rotatable bonds is 3. The highest BCUT2D eigenvalue weighted by Crippen LogP contribution is 2.69. The Kier molecular flexibility index (Phi) is 6.64. The van der Waals surface area contributed by atoms with Crippen molar-refractivity contribution in [2.45, 2.75) is 37.5 Å². The molecular formula is C56H40N2S. The van der Waals surface area contributed by atoms with E-state index in [0.29, 0.717) is 11.8 Å². The molecule has 280 valence electrons. The molecule has 2 heterocycles. The average molecular weight is 773 g/mol. The average Bonchev–Trinajstić information content (AvgIpc) is 3.81. The van der Waals surface area contributed by atoms with Crippen molar-refractivity contribution < 1.29 is 0 Å². The van der Waals surface area contributed by atoms with Gasteiger partial charge in [-0.2, -0.15) is 0 Å². The molecule has 10 aromatic rings. The molecule has 4 saturated carbocycles. The lowest BCUT2D eigenvalue weighted by Gasteiger charge is -2.61. The van der Waals surface area contributed by atoms with Gasteiger partial charge >= 0.3 is 0 Å². The quantitative estimate of drug-likeness (QED) is 0.167. The van der Waals surface area contributed by atoms with E-state index in [9.17, 15) is 0 Å². The van der Waals surface area contributed by atoms with E-state index in [4.69, 9.17) is 9.97 Å². The standard InChI is InChI=1S/C56H40N2S/c1-2-10-36(11-3-1)52-47-22-15-34-8-4-6-12-42(34)53(47)58-55(57-52)39-17-19-44-48-29-37(18-23-49(48)56(50(44)30-39)40-25-32-24-33(27-40)28-41(56)26-32)38-16-20-45-46-21-14-35-9-5-7-13-43(35)54(46)59-51(45)31-38/h1-23,29-33,40-41H,24-28H2. The van der Waals surface area contributed by atoms with E-state index in [1.807, 2.05) is 11.3 Å². The zero-order chi connectivity index (χ0) is 38.4. The minimum absolute atomic E-state index is 0.0366. The van der Waals surface area contributed by atoms with Gasteiger partial charge in [0.1, 0.15) is 0 Å². The number of benzene rings is 8. The molecule has 0 amide bonds. The Morgan fingerprint density at radius 3 is 1.92 bits per heavy atom. The molecule has 4 fully saturated rings. The van der Waals surface area contributed by atoms with Crippen molar-refractivity contribution in [2.24, 2.45) is 23.7 Å². The second-order valence-electron chi connectivity index (χ2n) is 18.1. The number of thiophene rings is 1. The van der Waals surface area contributed by atoms with Crippen LogP contribution in [0.1, 0.15) is 43.2 Å². The summed E-state index contributed by atoms with van der Waals surface area (Å²) in [6.07, 6.45) is 6.86. The van der Waals surface area contributed by atoms with Crippen molar-refractivity contribution in [2.75, 3.05) is 0 Å². The molecular weight excluding hydrogens is 733 g/mol. The summed E-state index contributed by atoms with van der Waals surface area (Å²) in [7, 11) is 0. The van der Waals surface area contributed by atoms with E-state index >= 15 is 0 Å². The summed E-state index contributed by atoms with van der Waals surface area (Å²) in [6, 6.07) is 59.2. The fraction of sp³-hybridized carbons (Fsp3) is 0.179. The molecule has 8 aromatic carbocycles. The van der Waals surface area contributed by atoms with Gasteiger partial charge in [-0.3, -0.25) is 0 Å². The first kappa shape index (κ1) is 32.8. The van der Waals surface area contributed by atoms with Crippen molar-refractivity contribution in [3.63, 3.8) is 0 Å². The Hall–Kier alpha value is -6.16. The molecule has 3 heteroatoms. The maximum atomic E-state index is 5.46. The van der Waals surface area contributed by atoms with Gasteiger partial charge < -0.3 is 0 Å². The third kappa shape index (κ3) is 4.52. The Morgan fingerprint density at radius 2 is 1.10 bits per heavy atom. The molecule has 59 heavy (non-hydrogen) atoms. The molecule has 2 aromatic heterocycles. The van der Waals surface area contributed by atoms with Crippen LogP contribution in [-0.2, 0) is 5.41 Å². The predicted octanol–water partition coefficient (Wildman–Crippen LogP) is 15.0. The number of aromatic nitrogens is 2. The lowest BCUT2D eigenvalue weighted by atomic mass is 9.43. The van der Waals surface area contributed by atoms with E-state index in [1.165, 1.54) is 102 Å². The molecule has 5 aliphatic carbocycles. The largest absolute Gasteiger partial charge is 0.227 e. The van der Waals surface area contributed by atoms with Crippen molar-refractivity contribution in [3.05, 3.63) is 169 Å². The number of hydrogen-bond donors (Lipinski definition) is 0. The van der Waals surface area contributed by atoms with Crippen LogP contribution in [0.4, 0.5) is 0 Å². The van der Waals surface area contributed by atoms with Crippen LogP contribution in [0.2, 0.25) is 0 Å². The molecule has 4 bridgehead atoms. The molecule has 0 unspecified atom stereocenters. The summed E-state index contributed by atoms with van der Waals surface area (Å²) in [5.41, 5.74) is 12.9. The van der Waals surface area contributed by atoms with E-state index in [2.05, 4.69) is 158 Å². The molecule has 5 aliphatic rings. The Morgan fingerprint density at radius 1 is 0.441 bits per heavy atom. The van der Waals surface area contributed by atoms with Crippen LogP contribution in [0.3, 0.4) is 0 Å². The molecule has 0 N–H and O–H groups in total. The fourth-order valence-corrected chi connectivity index (χ4v) is 14.3. The summed E-state index contributed by atoms with van der Waals surface area (Å²) in [4.78, 5) is 10.9. The van der Waals surface area contributed by atoms with Crippen LogP contribution in [0, 0.1) is 23.7 Å². The zero-order valence-electron chi connectivity index (χ0n) is 32.7. The predicted molar refractivity (Wildman–Crippen MR) is 247 cm³/mol. The number of fused-ring (bicyclic) bond motifs is 11. The summed E-state index contributed by atoms with van der Waals surface area (Å²) in [6.45, 7) is 0. The van der Waals surface area contributed by atoms with Crippen molar-refractivity contribution >= 4 is 64.0 Å². The van der Waals surface area contributed by atoms with Crippen LogP contribution in [-0.4, -0.2) is 9.97 Å². The van der Waals surface area contributed by atoms with Crippen LogP contribution in [0.15, 0.2) is 158 Å². The van der Waals surface area contributed by atoms with E-state index in [1.54, 1.807) is 5.56 Å². The van der Waals surface area contributed by atoms with Crippen LogP contribution >= 0.6 is 11.3 Å². The second-order valence-corrected chi connectivity index (χ2v) is 19.2. The molecule has 0 aliphatic heterocycles. The zero-order valence-corrected chi connectivity index (χ0v) is 33.5. The second kappa shape index (κ2) is 12.0. The van der Waals surface area contributed by atoms with Gasteiger partial charge in [0.05, 0.1) is 11.2 Å². The lowest BCUT2D eigenvalue weighted by molar-refractivity contribution is -0.0399. The van der Waals surface area contributed by atoms with Crippen molar-refractivity contribution in [1.29, 1.82) is 0 Å². The minimum atomic E-state index is 0.0366. The maximum absolute atomic E-state index is 5.46. The lowest BCUT2D eigenvalue weighted by Crippen LogP contribution is -2.55. The van der Waals surface area contributed by atoms with Gasteiger partial charge in [-0.15, -0.1) is 11.3 Å². The van der Waals surface area contributed by atoms with Gasteiger partial charge in [-0.1, -0.05) is 133 Å². The third-order valence-electron chi connectivity index (χ3n) is 15.2. The van der Waals surface area contributed by atoms with Gasteiger partial charge in [-0.25, -0.2) is 9.97 Å². The normalized spacial score (nSPS) is 22.6. The Balaban J connectivity index is 0.962. The first-order valence-electron chi connectivity index (χ1n) is 21.6. The Bertz CT molecular complexity index is 3380. The highest BCUT2D eigenvalue weighted by atomic mass is 32.1. The van der Waals surface area contributed by atoms with Crippen molar-refractivity contribution in [3.8, 4) is 44.9 Å². The van der Waals surface area contributed by atoms with Gasteiger partial charge in [-0.05, 0) is 130 Å². The van der Waals surface area contributed by atoms with Gasteiger partial charge in [0.25, 0.3) is 0 Å². The summed E-state index contributed by atoms with van der Waals surface area (Å²) < 4.78 is 2.74. The molecule has 0 radical (unpaired) electrons. The SMILES string of the molecule is c1ccc(-c2nc(-c3ccc4c(c3)C3(c5ccc(-c6ccc7c(c6)sc6c8ccccc8ccc76)cc5-4)C4CC5CC(C4)CC3C5)nc3c2ccc2ccccc23)cc1.